The Kier molecular flexibility index (Phi) is 4.44. The van der Waals surface area contributed by atoms with Crippen molar-refractivity contribution in [1.82, 2.24) is 4.90 Å². The molecule has 0 atom stereocenters. The minimum Gasteiger partial charge on any atom is -0.399 e. The number of anilines is 3. The molecule has 0 aromatic heterocycles. The number of carbonyl (C=O) groups excluding carboxylic acids is 1. The van der Waals surface area contributed by atoms with Crippen LogP contribution in [0.1, 0.15) is 10.4 Å². The Labute approximate surface area is 145 Å². The minimum atomic E-state index is -0.236. The van der Waals surface area contributed by atoms with Crippen molar-refractivity contribution in [2.45, 2.75) is 0 Å². The van der Waals surface area contributed by atoms with E-state index in [9.17, 15) is 4.79 Å². The Morgan fingerprint density at radius 1 is 1.04 bits per heavy atom. The van der Waals surface area contributed by atoms with Gasteiger partial charge < -0.3 is 20.9 Å². The first-order valence-electron chi connectivity index (χ1n) is 7.36. The minimum absolute atomic E-state index is 0.236. The van der Waals surface area contributed by atoms with Crippen LogP contribution in [-0.4, -0.2) is 17.9 Å². The maximum atomic E-state index is 12.7. The lowest BCUT2D eigenvalue weighted by atomic mass is 10.1. The number of benzene rings is 2. The van der Waals surface area contributed by atoms with Gasteiger partial charge in [-0.25, -0.2) is 0 Å². The first-order chi connectivity index (χ1) is 11.5. The van der Waals surface area contributed by atoms with Crippen LogP contribution in [0.4, 0.5) is 17.1 Å². The largest absolute Gasteiger partial charge is 0.399 e. The van der Waals surface area contributed by atoms with Crippen LogP contribution in [0.25, 0.3) is 0 Å². The van der Waals surface area contributed by atoms with Gasteiger partial charge in [-0.05, 0) is 42.5 Å². The first kappa shape index (κ1) is 16.0. The number of nitrogen functional groups attached to an aromatic ring is 1. The zero-order chi connectivity index (χ0) is 17.1. The van der Waals surface area contributed by atoms with Crippen LogP contribution in [-0.2, 0) is 0 Å². The Morgan fingerprint density at radius 2 is 1.71 bits per heavy atom. The normalized spacial score (nSPS) is 13.2. The third-order valence-electron chi connectivity index (χ3n) is 3.57. The lowest BCUT2D eigenvalue weighted by Gasteiger charge is -2.24. The van der Waals surface area contributed by atoms with Crippen molar-refractivity contribution in [3.63, 3.8) is 0 Å². The van der Waals surface area contributed by atoms with E-state index < -0.39 is 0 Å². The van der Waals surface area contributed by atoms with Gasteiger partial charge in [0.15, 0.2) is 0 Å². The van der Waals surface area contributed by atoms with E-state index in [2.05, 4.69) is 5.32 Å². The number of nitrogens with one attached hydrogen (secondary N) is 1. The Morgan fingerprint density at radius 3 is 2.38 bits per heavy atom. The van der Waals surface area contributed by atoms with Gasteiger partial charge >= 0.3 is 0 Å². The molecular weight excluding hydrogens is 324 g/mol. The fraction of sp³-hybridized carbons (Fsp3) is 0.0556. The fourth-order valence-corrected chi connectivity index (χ4v) is 2.43. The summed E-state index contributed by atoms with van der Waals surface area (Å²) in [6, 6.07) is 12.2. The van der Waals surface area contributed by atoms with Crippen LogP contribution < -0.4 is 16.0 Å². The summed E-state index contributed by atoms with van der Waals surface area (Å²) < 4.78 is 0. The number of nitrogens with two attached hydrogens (primary N) is 1. The second-order valence-corrected chi connectivity index (χ2v) is 5.84. The number of nitrogens with zero attached hydrogens (tertiary/aromatic N) is 2. The van der Waals surface area contributed by atoms with Crippen LogP contribution in [0.3, 0.4) is 0 Å². The van der Waals surface area contributed by atoms with Gasteiger partial charge in [0.1, 0.15) is 0 Å². The van der Waals surface area contributed by atoms with E-state index in [1.165, 1.54) is 0 Å². The van der Waals surface area contributed by atoms with E-state index >= 15 is 0 Å². The van der Waals surface area contributed by atoms with Crippen LogP contribution in [0.15, 0.2) is 67.3 Å². The first-order valence-corrected chi connectivity index (χ1v) is 7.74. The SMILES string of the molecule is CN1C=CN(c2ccc(N)cc2C(=O)Nc2ccc(Cl)cc2)C=C1. The number of hydrogen-bond donors (Lipinski definition) is 2. The molecule has 0 spiro atoms. The second kappa shape index (κ2) is 6.68. The molecular formula is C18H17ClN4O. The molecule has 1 heterocycles. The highest BCUT2D eigenvalue weighted by molar-refractivity contribution is 6.30. The molecule has 1 amide bonds. The second-order valence-electron chi connectivity index (χ2n) is 5.41. The summed E-state index contributed by atoms with van der Waals surface area (Å²) in [5.41, 5.74) is 8.30. The van der Waals surface area contributed by atoms with Crippen molar-refractivity contribution in [3.8, 4) is 0 Å². The van der Waals surface area contributed by atoms with E-state index in [-0.39, 0.29) is 5.91 Å². The van der Waals surface area contributed by atoms with Gasteiger partial charge in [-0.15, -0.1) is 0 Å². The van der Waals surface area contributed by atoms with Crippen molar-refractivity contribution < 1.29 is 4.79 Å². The Balaban J connectivity index is 1.90. The topological polar surface area (TPSA) is 61.6 Å². The van der Waals surface area contributed by atoms with Gasteiger partial charge in [-0.3, -0.25) is 4.79 Å². The highest BCUT2D eigenvalue weighted by Gasteiger charge is 2.16. The molecule has 122 valence electrons. The van der Waals surface area contributed by atoms with Gasteiger partial charge in [-0.2, -0.15) is 0 Å². The third kappa shape index (κ3) is 3.52. The van der Waals surface area contributed by atoms with Crippen molar-refractivity contribution in [2.24, 2.45) is 0 Å². The molecule has 24 heavy (non-hydrogen) atoms. The van der Waals surface area contributed by atoms with Gasteiger partial charge in [0.05, 0.1) is 11.3 Å². The number of hydrogen-bond acceptors (Lipinski definition) is 4. The maximum Gasteiger partial charge on any atom is 0.257 e. The summed E-state index contributed by atoms with van der Waals surface area (Å²) in [4.78, 5) is 16.5. The van der Waals surface area contributed by atoms with Gasteiger partial charge in [0.2, 0.25) is 0 Å². The molecule has 3 rings (SSSR count). The summed E-state index contributed by atoms with van der Waals surface area (Å²) in [6.45, 7) is 0. The Hall–Kier alpha value is -2.92. The van der Waals surface area contributed by atoms with Crippen molar-refractivity contribution >= 4 is 34.6 Å². The monoisotopic (exact) mass is 340 g/mol. The summed E-state index contributed by atoms with van der Waals surface area (Å²) >= 11 is 5.87. The third-order valence-corrected chi connectivity index (χ3v) is 3.82. The average Bonchev–Trinajstić information content (AvgIpc) is 2.58. The number of amides is 1. The molecule has 3 N–H and O–H groups in total. The Bertz CT molecular complexity index is 800. The zero-order valence-corrected chi connectivity index (χ0v) is 13.9. The summed E-state index contributed by atoms with van der Waals surface area (Å²) in [5.74, 6) is -0.236. The maximum absolute atomic E-state index is 12.7. The molecule has 1 aliphatic heterocycles. The molecule has 2 aromatic carbocycles. The van der Waals surface area contributed by atoms with Crippen molar-refractivity contribution in [2.75, 3.05) is 23.0 Å². The summed E-state index contributed by atoms with van der Waals surface area (Å²) in [7, 11) is 1.93. The standard InChI is InChI=1S/C18H17ClN4O/c1-22-8-10-23(11-9-22)17-7-4-14(20)12-16(17)18(24)21-15-5-2-13(19)3-6-15/h2-12H,20H2,1H3,(H,21,24). The number of carbonyl (C=O) groups is 1. The highest BCUT2D eigenvalue weighted by atomic mass is 35.5. The van der Waals surface area contributed by atoms with Crippen molar-refractivity contribution in [1.29, 1.82) is 0 Å². The molecule has 0 radical (unpaired) electrons. The van der Waals surface area contributed by atoms with Crippen LogP contribution in [0.5, 0.6) is 0 Å². The van der Waals surface area contributed by atoms with Crippen LogP contribution in [0.2, 0.25) is 5.02 Å². The van der Waals surface area contributed by atoms with E-state index in [4.69, 9.17) is 17.3 Å². The molecule has 0 fully saturated rings. The molecule has 0 aliphatic carbocycles. The van der Waals surface area contributed by atoms with E-state index in [1.807, 2.05) is 47.7 Å². The number of rotatable bonds is 3. The molecule has 0 saturated carbocycles. The van der Waals surface area contributed by atoms with Crippen LogP contribution in [0, 0.1) is 0 Å². The highest BCUT2D eigenvalue weighted by Crippen LogP contribution is 2.26. The summed E-state index contributed by atoms with van der Waals surface area (Å²) in [5, 5.41) is 3.48. The predicted molar refractivity (Wildman–Crippen MR) is 98.8 cm³/mol. The van der Waals surface area contributed by atoms with Gasteiger partial charge in [-0.1, -0.05) is 11.6 Å². The van der Waals surface area contributed by atoms with E-state index in [0.717, 1.165) is 5.69 Å². The molecule has 0 bridgehead atoms. The van der Waals surface area contributed by atoms with Crippen LogP contribution >= 0.6 is 11.6 Å². The average molecular weight is 341 g/mol. The number of halogens is 1. The zero-order valence-electron chi connectivity index (χ0n) is 13.1. The van der Waals surface area contributed by atoms with E-state index in [0.29, 0.717) is 22.0 Å². The molecule has 0 unspecified atom stereocenters. The molecule has 2 aromatic rings. The molecule has 1 aliphatic rings. The predicted octanol–water partition coefficient (Wildman–Crippen LogP) is 3.87. The molecule has 0 saturated heterocycles. The lowest BCUT2D eigenvalue weighted by molar-refractivity contribution is 0.102. The molecule has 6 heteroatoms. The smallest absolute Gasteiger partial charge is 0.257 e. The summed E-state index contributed by atoms with van der Waals surface area (Å²) in [6.07, 6.45) is 7.56. The van der Waals surface area contributed by atoms with E-state index in [1.54, 1.807) is 36.4 Å². The van der Waals surface area contributed by atoms with Gasteiger partial charge in [0.25, 0.3) is 5.91 Å². The van der Waals surface area contributed by atoms with Crippen molar-refractivity contribution in [3.05, 3.63) is 77.9 Å². The molecule has 5 nitrogen and oxygen atoms in total. The fourth-order valence-electron chi connectivity index (χ4n) is 2.31. The van der Waals surface area contributed by atoms with Gasteiger partial charge in [0, 0.05) is 48.2 Å². The lowest BCUT2D eigenvalue weighted by Crippen LogP contribution is -2.21. The quantitative estimate of drug-likeness (QED) is 0.833.